The van der Waals surface area contributed by atoms with Gasteiger partial charge in [-0.1, -0.05) is 0 Å². The lowest BCUT2D eigenvalue weighted by atomic mass is 10.1. The molecule has 3 heterocycles. The van der Waals surface area contributed by atoms with Crippen molar-refractivity contribution in [2.45, 2.75) is 31.9 Å². The van der Waals surface area contributed by atoms with Crippen LogP contribution < -0.4 is 10.9 Å². The topological polar surface area (TPSA) is 78.2 Å². The SMILES string of the molecule is Cn1cccc(C(=O)Nc2cnn(CC3CCCCO3)c2)c1=O. The third-order valence-corrected chi connectivity index (χ3v) is 3.92. The Kier molecular flexibility index (Phi) is 4.57. The number of hydrogen-bond donors (Lipinski definition) is 1. The lowest BCUT2D eigenvalue weighted by molar-refractivity contribution is 0.00401. The van der Waals surface area contributed by atoms with Gasteiger partial charge in [-0.25, -0.2) is 0 Å². The molecule has 1 aliphatic heterocycles. The van der Waals surface area contributed by atoms with E-state index >= 15 is 0 Å². The van der Waals surface area contributed by atoms with E-state index in [-0.39, 0.29) is 17.2 Å². The van der Waals surface area contributed by atoms with Crippen LogP contribution in [0.5, 0.6) is 0 Å². The zero-order valence-electron chi connectivity index (χ0n) is 13.1. The van der Waals surface area contributed by atoms with E-state index in [1.165, 1.54) is 17.1 Å². The van der Waals surface area contributed by atoms with Gasteiger partial charge in [0, 0.05) is 26.0 Å². The molecule has 2 aromatic rings. The van der Waals surface area contributed by atoms with Crippen LogP contribution in [-0.4, -0.2) is 33.0 Å². The third-order valence-electron chi connectivity index (χ3n) is 3.92. The molecule has 1 N–H and O–H groups in total. The number of carbonyl (C=O) groups is 1. The summed E-state index contributed by atoms with van der Waals surface area (Å²) in [6, 6.07) is 3.18. The van der Waals surface area contributed by atoms with Crippen molar-refractivity contribution in [3.05, 3.63) is 46.6 Å². The molecule has 3 rings (SSSR count). The van der Waals surface area contributed by atoms with Crippen molar-refractivity contribution in [1.29, 1.82) is 0 Å². The van der Waals surface area contributed by atoms with Crippen LogP contribution in [0.3, 0.4) is 0 Å². The van der Waals surface area contributed by atoms with Crippen molar-refractivity contribution in [2.75, 3.05) is 11.9 Å². The normalized spacial score (nSPS) is 17.9. The summed E-state index contributed by atoms with van der Waals surface area (Å²) in [6.45, 7) is 1.47. The third kappa shape index (κ3) is 3.68. The lowest BCUT2D eigenvalue weighted by Gasteiger charge is -2.22. The summed E-state index contributed by atoms with van der Waals surface area (Å²) < 4.78 is 8.81. The minimum Gasteiger partial charge on any atom is -0.376 e. The molecule has 1 unspecified atom stereocenters. The highest BCUT2D eigenvalue weighted by molar-refractivity contribution is 6.03. The second-order valence-corrected chi connectivity index (χ2v) is 5.73. The number of amides is 1. The van der Waals surface area contributed by atoms with Gasteiger partial charge in [-0.15, -0.1) is 0 Å². The monoisotopic (exact) mass is 316 g/mol. The van der Waals surface area contributed by atoms with Gasteiger partial charge in [-0.2, -0.15) is 5.10 Å². The van der Waals surface area contributed by atoms with Gasteiger partial charge in [0.25, 0.3) is 11.5 Å². The smallest absolute Gasteiger partial charge is 0.263 e. The van der Waals surface area contributed by atoms with Crippen LogP contribution in [0.25, 0.3) is 0 Å². The number of nitrogens with zero attached hydrogens (tertiary/aromatic N) is 3. The summed E-state index contributed by atoms with van der Waals surface area (Å²) in [5, 5.41) is 6.94. The van der Waals surface area contributed by atoms with Crippen LogP contribution in [-0.2, 0) is 18.3 Å². The molecule has 2 aromatic heterocycles. The Bertz CT molecular complexity index is 744. The van der Waals surface area contributed by atoms with Gasteiger partial charge in [0.1, 0.15) is 5.56 Å². The van der Waals surface area contributed by atoms with Gasteiger partial charge in [-0.3, -0.25) is 14.3 Å². The highest BCUT2D eigenvalue weighted by atomic mass is 16.5. The van der Waals surface area contributed by atoms with E-state index < -0.39 is 5.91 Å². The van der Waals surface area contributed by atoms with Gasteiger partial charge in [0.2, 0.25) is 0 Å². The van der Waals surface area contributed by atoms with Crippen LogP contribution in [0.1, 0.15) is 29.6 Å². The molecule has 1 aliphatic rings. The molecule has 23 heavy (non-hydrogen) atoms. The molecule has 0 radical (unpaired) electrons. The van der Waals surface area contributed by atoms with Gasteiger partial charge in [0.15, 0.2) is 0 Å². The number of hydrogen-bond acceptors (Lipinski definition) is 4. The summed E-state index contributed by atoms with van der Waals surface area (Å²) >= 11 is 0. The predicted molar refractivity (Wildman–Crippen MR) is 85.5 cm³/mol. The Balaban J connectivity index is 1.65. The molecule has 1 fully saturated rings. The maximum atomic E-state index is 12.2. The Morgan fingerprint density at radius 3 is 3.13 bits per heavy atom. The molecule has 122 valence electrons. The van der Waals surface area contributed by atoms with Crippen LogP contribution >= 0.6 is 0 Å². The number of pyridine rings is 1. The van der Waals surface area contributed by atoms with Gasteiger partial charge in [0.05, 0.1) is 24.5 Å². The molecule has 1 atom stereocenters. The van der Waals surface area contributed by atoms with E-state index in [1.807, 2.05) is 0 Å². The first-order valence-electron chi connectivity index (χ1n) is 7.74. The second-order valence-electron chi connectivity index (χ2n) is 5.73. The van der Waals surface area contributed by atoms with E-state index in [4.69, 9.17) is 4.74 Å². The van der Waals surface area contributed by atoms with Crippen molar-refractivity contribution in [1.82, 2.24) is 14.3 Å². The molecule has 1 saturated heterocycles. The molecule has 7 nitrogen and oxygen atoms in total. The minimum absolute atomic E-state index is 0.110. The van der Waals surface area contributed by atoms with Gasteiger partial charge < -0.3 is 14.6 Å². The Hall–Kier alpha value is -2.41. The highest BCUT2D eigenvalue weighted by Gasteiger charge is 2.16. The fraction of sp³-hybridized carbons (Fsp3) is 0.438. The maximum absolute atomic E-state index is 12.2. The van der Waals surface area contributed by atoms with E-state index in [9.17, 15) is 9.59 Å². The molecule has 0 bridgehead atoms. The molecule has 0 spiro atoms. The number of carbonyl (C=O) groups excluding carboxylic acids is 1. The molecular formula is C16H20N4O3. The minimum atomic E-state index is -0.431. The van der Waals surface area contributed by atoms with Gasteiger partial charge in [-0.05, 0) is 31.4 Å². The Morgan fingerprint density at radius 1 is 1.48 bits per heavy atom. The number of nitrogens with one attached hydrogen (secondary N) is 1. The first kappa shape index (κ1) is 15.5. The van der Waals surface area contributed by atoms with Crippen molar-refractivity contribution < 1.29 is 9.53 Å². The maximum Gasteiger partial charge on any atom is 0.263 e. The predicted octanol–water partition coefficient (Wildman–Crippen LogP) is 1.40. The summed E-state index contributed by atoms with van der Waals surface area (Å²) in [5.74, 6) is -0.431. The summed E-state index contributed by atoms with van der Waals surface area (Å²) in [5.41, 5.74) is 0.350. The second kappa shape index (κ2) is 6.78. The van der Waals surface area contributed by atoms with E-state index in [1.54, 1.807) is 36.4 Å². The van der Waals surface area contributed by atoms with Gasteiger partial charge >= 0.3 is 0 Å². The van der Waals surface area contributed by atoms with Crippen molar-refractivity contribution in [2.24, 2.45) is 7.05 Å². The molecule has 7 heteroatoms. The van der Waals surface area contributed by atoms with Crippen molar-refractivity contribution in [3.63, 3.8) is 0 Å². The number of aromatic nitrogens is 3. The average molecular weight is 316 g/mol. The lowest BCUT2D eigenvalue weighted by Crippen LogP contribution is -2.27. The fourth-order valence-electron chi connectivity index (χ4n) is 2.66. The quantitative estimate of drug-likeness (QED) is 0.925. The summed E-state index contributed by atoms with van der Waals surface area (Å²) in [7, 11) is 1.61. The van der Waals surface area contributed by atoms with Crippen molar-refractivity contribution in [3.8, 4) is 0 Å². The fourth-order valence-corrected chi connectivity index (χ4v) is 2.66. The first-order chi connectivity index (χ1) is 11.1. The molecule has 0 aromatic carbocycles. The van der Waals surface area contributed by atoms with E-state index in [0.29, 0.717) is 12.2 Å². The Labute approximate surface area is 133 Å². The zero-order chi connectivity index (χ0) is 16.2. The highest BCUT2D eigenvalue weighted by Crippen LogP contribution is 2.15. The van der Waals surface area contributed by atoms with Crippen LogP contribution in [0.15, 0.2) is 35.5 Å². The van der Waals surface area contributed by atoms with Crippen LogP contribution in [0.2, 0.25) is 0 Å². The summed E-state index contributed by atoms with van der Waals surface area (Å²) in [6.07, 6.45) is 8.43. The number of anilines is 1. The zero-order valence-corrected chi connectivity index (χ0v) is 13.1. The van der Waals surface area contributed by atoms with E-state index in [0.717, 1.165) is 19.4 Å². The first-order valence-corrected chi connectivity index (χ1v) is 7.74. The van der Waals surface area contributed by atoms with Crippen LogP contribution in [0, 0.1) is 0 Å². The van der Waals surface area contributed by atoms with E-state index in [2.05, 4.69) is 10.4 Å². The molecule has 1 amide bonds. The van der Waals surface area contributed by atoms with Crippen LogP contribution in [0.4, 0.5) is 5.69 Å². The van der Waals surface area contributed by atoms with Crippen molar-refractivity contribution >= 4 is 11.6 Å². The molecular weight excluding hydrogens is 296 g/mol. The molecule has 0 aliphatic carbocycles. The largest absolute Gasteiger partial charge is 0.376 e. The number of ether oxygens (including phenoxy) is 1. The number of aryl methyl sites for hydroxylation is 1. The Morgan fingerprint density at radius 2 is 2.35 bits per heavy atom. The molecule has 0 saturated carbocycles. The standard InChI is InChI=1S/C16H20N4O3/c1-19-7-4-6-14(16(19)22)15(21)18-12-9-17-20(10-12)11-13-5-2-3-8-23-13/h4,6-7,9-10,13H,2-3,5,8,11H2,1H3,(H,18,21). The average Bonchev–Trinajstić information content (AvgIpc) is 2.98. The summed E-state index contributed by atoms with van der Waals surface area (Å²) in [4.78, 5) is 24.1. The number of rotatable bonds is 4.